The van der Waals surface area contributed by atoms with Gasteiger partial charge in [-0.2, -0.15) is 5.10 Å². The topological polar surface area (TPSA) is 63.1 Å². The highest BCUT2D eigenvalue weighted by Gasteiger charge is 2.27. The SMILES string of the molecule is O=C(c1ccc(NC2CCC2)nc1)N1CCCC[C@H]1CCn1cccn1. The smallest absolute Gasteiger partial charge is 0.255 e. The average molecular weight is 353 g/mol. The van der Waals surface area contributed by atoms with Crippen LogP contribution in [0.2, 0.25) is 0 Å². The number of hydrogen-bond donors (Lipinski definition) is 1. The maximum absolute atomic E-state index is 13.0. The summed E-state index contributed by atoms with van der Waals surface area (Å²) in [6.45, 7) is 1.69. The molecule has 1 atom stereocenters. The van der Waals surface area contributed by atoms with Crippen molar-refractivity contribution in [2.45, 2.75) is 63.6 Å². The molecule has 6 heteroatoms. The predicted molar refractivity (Wildman–Crippen MR) is 101 cm³/mol. The van der Waals surface area contributed by atoms with E-state index in [2.05, 4.69) is 15.4 Å². The molecule has 1 aliphatic heterocycles. The molecule has 1 saturated heterocycles. The van der Waals surface area contributed by atoms with Crippen LogP contribution in [0, 0.1) is 0 Å². The summed E-state index contributed by atoms with van der Waals surface area (Å²) in [5, 5.41) is 7.69. The van der Waals surface area contributed by atoms with Gasteiger partial charge >= 0.3 is 0 Å². The van der Waals surface area contributed by atoms with Crippen LogP contribution in [0.25, 0.3) is 0 Å². The van der Waals surface area contributed by atoms with Crippen molar-refractivity contribution in [1.29, 1.82) is 0 Å². The monoisotopic (exact) mass is 353 g/mol. The Morgan fingerprint density at radius 1 is 1.19 bits per heavy atom. The van der Waals surface area contributed by atoms with Crippen LogP contribution in [0.4, 0.5) is 5.82 Å². The van der Waals surface area contributed by atoms with Crippen molar-refractivity contribution in [2.24, 2.45) is 0 Å². The summed E-state index contributed by atoms with van der Waals surface area (Å²) < 4.78 is 1.94. The van der Waals surface area contributed by atoms with Gasteiger partial charge in [0.05, 0.1) is 5.56 Å². The molecule has 0 aromatic carbocycles. The van der Waals surface area contributed by atoms with Crippen LogP contribution in [-0.2, 0) is 6.54 Å². The van der Waals surface area contributed by atoms with E-state index in [0.717, 1.165) is 38.2 Å². The summed E-state index contributed by atoms with van der Waals surface area (Å²) in [5.41, 5.74) is 0.690. The molecule has 6 nitrogen and oxygen atoms in total. The van der Waals surface area contributed by atoms with E-state index in [9.17, 15) is 4.79 Å². The Kier molecular flexibility index (Phi) is 5.18. The Labute approximate surface area is 154 Å². The summed E-state index contributed by atoms with van der Waals surface area (Å²) in [6, 6.07) is 6.63. The second-order valence-electron chi connectivity index (χ2n) is 7.41. The van der Waals surface area contributed by atoms with Crippen molar-refractivity contribution in [3.8, 4) is 0 Å². The van der Waals surface area contributed by atoms with Gasteiger partial charge in [0.1, 0.15) is 5.82 Å². The van der Waals surface area contributed by atoms with Crippen LogP contribution >= 0.6 is 0 Å². The van der Waals surface area contributed by atoms with Crippen LogP contribution in [0.15, 0.2) is 36.8 Å². The highest BCUT2D eigenvalue weighted by atomic mass is 16.2. The van der Waals surface area contributed by atoms with Gasteiger partial charge in [-0.25, -0.2) is 4.98 Å². The molecule has 0 unspecified atom stereocenters. The summed E-state index contributed by atoms with van der Waals surface area (Å²) in [5.74, 6) is 0.984. The molecule has 26 heavy (non-hydrogen) atoms. The number of nitrogens with one attached hydrogen (secondary N) is 1. The van der Waals surface area contributed by atoms with Crippen LogP contribution < -0.4 is 5.32 Å². The first-order valence-electron chi connectivity index (χ1n) is 9.80. The second kappa shape index (κ2) is 7.89. The van der Waals surface area contributed by atoms with Gasteiger partial charge in [-0.05, 0) is 63.1 Å². The second-order valence-corrected chi connectivity index (χ2v) is 7.41. The van der Waals surface area contributed by atoms with E-state index < -0.39 is 0 Å². The molecule has 4 rings (SSSR count). The maximum Gasteiger partial charge on any atom is 0.255 e. The largest absolute Gasteiger partial charge is 0.367 e. The Balaban J connectivity index is 1.39. The van der Waals surface area contributed by atoms with Gasteiger partial charge in [-0.15, -0.1) is 0 Å². The summed E-state index contributed by atoms with van der Waals surface area (Å²) in [6.07, 6.45) is 13.5. The zero-order valence-electron chi connectivity index (χ0n) is 15.2. The van der Waals surface area contributed by atoms with E-state index >= 15 is 0 Å². The molecule has 2 fully saturated rings. The van der Waals surface area contributed by atoms with E-state index in [4.69, 9.17) is 0 Å². The third-order valence-corrected chi connectivity index (χ3v) is 5.61. The number of likely N-dealkylation sites (tertiary alicyclic amines) is 1. The fourth-order valence-electron chi connectivity index (χ4n) is 3.82. The van der Waals surface area contributed by atoms with Crippen molar-refractivity contribution >= 4 is 11.7 Å². The molecule has 2 aromatic rings. The van der Waals surface area contributed by atoms with Crippen LogP contribution in [0.5, 0.6) is 0 Å². The summed E-state index contributed by atoms with van der Waals surface area (Å²) >= 11 is 0. The standard InChI is InChI=1S/C20H27N5O/c26-20(16-8-9-19(21-15-16)23-17-5-3-6-17)25-13-2-1-7-18(25)10-14-24-12-4-11-22-24/h4,8-9,11-12,15,17-18H,1-3,5-7,10,13-14H2,(H,21,23)/t18-/m0/s1. The summed E-state index contributed by atoms with van der Waals surface area (Å²) in [7, 11) is 0. The lowest BCUT2D eigenvalue weighted by molar-refractivity contribution is 0.0593. The van der Waals surface area contributed by atoms with E-state index in [1.165, 1.54) is 25.7 Å². The van der Waals surface area contributed by atoms with Crippen LogP contribution in [0.3, 0.4) is 0 Å². The fraction of sp³-hybridized carbons (Fsp3) is 0.550. The predicted octanol–water partition coefficient (Wildman–Crippen LogP) is 3.33. The molecular formula is C20H27N5O. The molecule has 0 bridgehead atoms. The highest BCUT2D eigenvalue weighted by molar-refractivity contribution is 5.94. The third-order valence-electron chi connectivity index (χ3n) is 5.61. The Morgan fingerprint density at radius 3 is 2.81 bits per heavy atom. The van der Waals surface area contributed by atoms with Crippen LogP contribution in [0.1, 0.15) is 55.3 Å². The number of piperidine rings is 1. The molecule has 0 radical (unpaired) electrons. The zero-order valence-corrected chi connectivity index (χ0v) is 15.2. The van der Waals surface area contributed by atoms with E-state index in [0.29, 0.717) is 11.6 Å². The van der Waals surface area contributed by atoms with Crippen molar-refractivity contribution in [1.82, 2.24) is 19.7 Å². The van der Waals surface area contributed by atoms with Gasteiger partial charge in [0.15, 0.2) is 0 Å². The number of amides is 1. The lowest BCUT2D eigenvalue weighted by atomic mass is 9.93. The van der Waals surface area contributed by atoms with Gasteiger partial charge in [0, 0.05) is 43.8 Å². The maximum atomic E-state index is 13.0. The Hall–Kier alpha value is -2.37. The lowest BCUT2D eigenvalue weighted by Crippen LogP contribution is -2.44. The van der Waals surface area contributed by atoms with Crippen molar-refractivity contribution < 1.29 is 4.79 Å². The number of anilines is 1. The highest BCUT2D eigenvalue weighted by Crippen LogP contribution is 2.24. The number of carbonyl (C=O) groups is 1. The number of aryl methyl sites for hydroxylation is 1. The van der Waals surface area contributed by atoms with Gasteiger partial charge < -0.3 is 10.2 Å². The molecule has 1 saturated carbocycles. The molecule has 3 heterocycles. The fourth-order valence-corrected chi connectivity index (χ4v) is 3.82. The van der Waals surface area contributed by atoms with Gasteiger partial charge in [0.25, 0.3) is 5.91 Å². The van der Waals surface area contributed by atoms with Gasteiger partial charge in [-0.3, -0.25) is 9.48 Å². The average Bonchev–Trinajstić information content (AvgIpc) is 3.17. The van der Waals surface area contributed by atoms with E-state index in [1.54, 1.807) is 12.4 Å². The molecule has 2 aromatic heterocycles. The minimum atomic E-state index is 0.109. The molecule has 0 spiro atoms. The minimum Gasteiger partial charge on any atom is -0.367 e. The molecule has 1 amide bonds. The number of pyridine rings is 1. The van der Waals surface area contributed by atoms with Crippen molar-refractivity contribution in [2.75, 3.05) is 11.9 Å². The number of rotatable bonds is 6. The number of carbonyl (C=O) groups excluding carboxylic acids is 1. The number of aromatic nitrogens is 3. The quantitative estimate of drug-likeness (QED) is 0.865. The number of nitrogens with zero attached hydrogens (tertiary/aromatic N) is 4. The molecule has 1 aliphatic carbocycles. The first kappa shape index (κ1) is 17.1. The Bertz CT molecular complexity index is 708. The van der Waals surface area contributed by atoms with E-state index in [1.807, 2.05) is 34.0 Å². The minimum absolute atomic E-state index is 0.109. The van der Waals surface area contributed by atoms with Gasteiger partial charge in [-0.1, -0.05) is 0 Å². The van der Waals surface area contributed by atoms with E-state index in [-0.39, 0.29) is 11.9 Å². The van der Waals surface area contributed by atoms with Crippen molar-refractivity contribution in [3.05, 3.63) is 42.4 Å². The van der Waals surface area contributed by atoms with Crippen molar-refractivity contribution in [3.63, 3.8) is 0 Å². The molecular weight excluding hydrogens is 326 g/mol. The first-order valence-corrected chi connectivity index (χ1v) is 9.80. The van der Waals surface area contributed by atoms with Gasteiger partial charge in [0.2, 0.25) is 0 Å². The molecule has 138 valence electrons. The van der Waals surface area contributed by atoms with Crippen LogP contribution in [-0.4, -0.2) is 44.2 Å². The first-order chi connectivity index (χ1) is 12.8. The molecule has 1 N–H and O–H groups in total. The lowest BCUT2D eigenvalue weighted by Gasteiger charge is -2.36. The Morgan fingerprint density at radius 2 is 2.12 bits per heavy atom. The molecule has 2 aliphatic rings. The normalized spacial score (nSPS) is 20.6. The third kappa shape index (κ3) is 3.89. The zero-order chi connectivity index (χ0) is 17.8. The number of hydrogen-bond acceptors (Lipinski definition) is 4. The summed E-state index contributed by atoms with van der Waals surface area (Å²) in [4.78, 5) is 19.5.